The van der Waals surface area contributed by atoms with E-state index in [0.717, 1.165) is 24.8 Å². The summed E-state index contributed by atoms with van der Waals surface area (Å²) in [7, 11) is 0. The predicted octanol–water partition coefficient (Wildman–Crippen LogP) is 4.14. The van der Waals surface area contributed by atoms with Gasteiger partial charge in [-0.15, -0.1) is 0 Å². The van der Waals surface area contributed by atoms with Crippen LogP contribution in [0.5, 0.6) is 0 Å². The van der Waals surface area contributed by atoms with Crippen molar-refractivity contribution >= 4 is 6.09 Å². The Kier molecular flexibility index (Phi) is 6.84. The van der Waals surface area contributed by atoms with Gasteiger partial charge in [0.25, 0.3) is 0 Å². The fourth-order valence-corrected chi connectivity index (χ4v) is 4.60. The third-order valence-corrected chi connectivity index (χ3v) is 6.33. The molecule has 162 valence electrons. The number of nitrogens with one attached hydrogen (secondary N) is 1. The monoisotopic (exact) mass is 410 g/mol. The molecule has 0 saturated carbocycles. The summed E-state index contributed by atoms with van der Waals surface area (Å²) in [5, 5.41) is 14.9. The van der Waals surface area contributed by atoms with Crippen LogP contribution < -0.4 is 11.1 Å². The Balaban J connectivity index is 1.85. The van der Waals surface area contributed by atoms with Gasteiger partial charge in [-0.05, 0) is 36.0 Å². The minimum Gasteiger partial charge on any atom is -0.439 e. The molecule has 3 atom stereocenters. The Morgan fingerprint density at radius 2 is 1.83 bits per heavy atom. The highest BCUT2D eigenvalue weighted by Crippen LogP contribution is 2.40. The second kappa shape index (κ2) is 9.19. The molecule has 0 radical (unpaired) electrons. The number of benzene rings is 2. The normalized spacial score (nSPS) is 19.4. The van der Waals surface area contributed by atoms with Gasteiger partial charge in [-0.1, -0.05) is 75.4 Å². The molecule has 3 rings (SSSR count). The smallest absolute Gasteiger partial charge is 0.405 e. The van der Waals surface area contributed by atoms with Crippen molar-refractivity contribution in [3.05, 3.63) is 71.3 Å². The molecule has 2 aromatic rings. The molecule has 5 heteroatoms. The number of amides is 1. The molecule has 0 saturated heterocycles. The van der Waals surface area contributed by atoms with E-state index in [1.54, 1.807) is 0 Å². The number of ether oxygens (including phenoxy) is 1. The average Bonchev–Trinajstić information content (AvgIpc) is 2.71. The van der Waals surface area contributed by atoms with Gasteiger partial charge < -0.3 is 20.9 Å². The zero-order valence-electron chi connectivity index (χ0n) is 18.2. The first-order valence-corrected chi connectivity index (χ1v) is 10.7. The summed E-state index contributed by atoms with van der Waals surface area (Å²) in [5.41, 5.74) is 7.40. The van der Waals surface area contributed by atoms with Crippen LogP contribution in [-0.4, -0.2) is 29.4 Å². The highest BCUT2D eigenvalue weighted by atomic mass is 16.6. The molecule has 2 aromatic carbocycles. The van der Waals surface area contributed by atoms with Crippen molar-refractivity contribution in [1.29, 1.82) is 0 Å². The minimum absolute atomic E-state index is 0.174. The number of carbonyl (C=O) groups excluding carboxylic acids is 1. The molecule has 30 heavy (non-hydrogen) atoms. The van der Waals surface area contributed by atoms with E-state index < -0.39 is 23.2 Å². The molecule has 0 aliphatic heterocycles. The number of carbonyl (C=O) groups is 1. The number of primary amides is 1. The number of aryl methyl sites for hydroxylation is 1. The summed E-state index contributed by atoms with van der Waals surface area (Å²) in [6.07, 6.45) is 1.78. The Morgan fingerprint density at radius 3 is 2.50 bits per heavy atom. The molecule has 0 fully saturated rings. The summed E-state index contributed by atoms with van der Waals surface area (Å²) in [6.45, 7) is 6.21. The summed E-state index contributed by atoms with van der Waals surface area (Å²) >= 11 is 0. The molecule has 5 nitrogen and oxygen atoms in total. The number of aliphatic hydroxyl groups excluding tert-OH is 1. The SMILES string of the molecule is CC(C)(C)[C@](Cc1ccccc1)(OC(N)=O)[C@H](O)CNC1CCCc2ccccc21. The number of aliphatic hydroxyl groups is 1. The molecule has 0 aromatic heterocycles. The number of fused-ring (bicyclic) bond motifs is 1. The van der Waals surface area contributed by atoms with E-state index in [-0.39, 0.29) is 6.04 Å². The second-order valence-corrected chi connectivity index (χ2v) is 9.29. The van der Waals surface area contributed by atoms with Gasteiger partial charge in [-0.2, -0.15) is 0 Å². The quantitative estimate of drug-likeness (QED) is 0.641. The van der Waals surface area contributed by atoms with Gasteiger partial charge in [0.15, 0.2) is 0 Å². The number of rotatable bonds is 7. The lowest BCUT2D eigenvalue weighted by Gasteiger charge is -2.47. The van der Waals surface area contributed by atoms with Crippen LogP contribution in [0.15, 0.2) is 54.6 Å². The first-order chi connectivity index (χ1) is 14.2. The van der Waals surface area contributed by atoms with E-state index in [1.165, 1.54) is 11.1 Å². The second-order valence-electron chi connectivity index (χ2n) is 9.29. The van der Waals surface area contributed by atoms with Gasteiger partial charge in [0.1, 0.15) is 11.7 Å². The van der Waals surface area contributed by atoms with Crippen LogP contribution in [0.1, 0.15) is 56.3 Å². The van der Waals surface area contributed by atoms with E-state index in [9.17, 15) is 9.90 Å². The third-order valence-electron chi connectivity index (χ3n) is 6.33. The molecule has 0 heterocycles. The molecule has 1 amide bonds. The van der Waals surface area contributed by atoms with E-state index in [2.05, 4.69) is 29.6 Å². The Bertz CT molecular complexity index is 847. The Hall–Kier alpha value is -2.37. The highest BCUT2D eigenvalue weighted by molar-refractivity contribution is 5.65. The van der Waals surface area contributed by atoms with Crippen molar-refractivity contribution in [2.45, 2.75) is 64.2 Å². The van der Waals surface area contributed by atoms with E-state index in [0.29, 0.717) is 13.0 Å². The highest BCUT2D eigenvalue weighted by Gasteiger charge is 2.51. The summed E-state index contributed by atoms with van der Waals surface area (Å²) < 4.78 is 5.73. The van der Waals surface area contributed by atoms with Crippen LogP contribution in [0.25, 0.3) is 0 Å². The predicted molar refractivity (Wildman–Crippen MR) is 119 cm³/mol. The Labute approximate surface area is 179 Å². The lowest BCUT2D eigenvalue weighted by atomic mass is 9.69. The van der Waals surface area contributed by atoms with E-state index in [4.69, 9.17) is 10.5 Å². The van der Waals surface area contributed by atoms with Crippen LogP contribution >= 0.6 is 0 Å². The molecule has 4 N–H and O–H groups in total. The zero-order valence-corrected chi connectivity index (χ0v) is 18.2. The molecule has 0 spiro atoms. The molecular weight excluding hydrogens is 376 g/mol. The van der Waals surface area contributed by atoms with Crippen molar-refractivity contribution in [3.63, 3.8) is 0 Å². The van der Waals surface area contributed by atoms with Crippen LogP contribution in [0.4, 0.5) is 4.79 Å². The maximum atomic E-state index is 11.9. The number of hydrogen-bond donors (Lipinski definition) is 3. The standard InChI is InChI=1S/C25H34N2O3/c1-24(2,3)25(30-23(26)29,16-18-10-5-4-6-11-18)22(28)17-27-21-15-9-13-19-12-7-8-14-20(19)21/h4-8,10-12,14,21-22,27-28H,9,13,15-17H2,1-3H3,(H2,26,29)/t21?,22-,25-/m1/s1. The fraction of sp³-hybridized carbons (Fsp3) is 0.480. The summed E-state index contributed by atoms with van der Waals surface area (Å²) in [4.78, 5) is 11.9. The third kappa shape index (κ3) is 4.85. The largest absolute Gasteiger partial charge is 0.439 e. The maximum absolute atomic E-state index is 11.9. The first kappa shape index (κ1) is 22.3. The number of nitrogens with two attached hydrogens (primary N) is 1. The van der Waals surface area contributed by atoms with Crippen LogP contribution in [0, 0.1) is 5.41 Å². The lowest BCUT2D eigenvalue weighted by molar-refractivity contribution is -0.141. The van der Waals surface area contributed by atoms with Crippen LogP contribution in [0.3, 0.4) is 0 Å². The minimum atomic E-state index is -1.17. The van der Waals surface area contributed by atoms with Crippen molar-refractivity contribution < 1.29 is 14.6 Å². The van der Waals surface area contributed by atoms with Gasteiger partial charge in [0.2, 0.25) is 0 Å². The van der Waals surface area contributed by atoms with Gasteiger partial charge in [-0.25, -0.2) is 4.79 Å². The van der Waals surface area contributed by atoms with E-state index >= 15 is 0 Å². The van der Waals surface area contributed by atoms with Gasteiger partial charge in [0.05, 0.1) is 0 Å². The van der Waals surface area contributed by atoms with E-state index in [1.807, 2.05) is 51.1 Å². The number of hydrogen-bond acceptors (Lipinski definition) is 4. The molecule has 1 aliphatic carbocycles. The van der Waals surface area contributed by atoms with Crippen LogP contribution in [-0.2, 0) is 17.6 Å². The van der Waals surface area contributed by atoms with Gasteiger partial charge in [-0.3, -0.25) is 0 Å². The molecule has 1 aliphatic rings. The zero-order chi connectivity index (χ0) is 21.8. The molecule has 0 bridgehead atoms. The van der Waals surface area contributed by atoms with Crippen molar-refractivity contribution in [3.8, 4) is 0 Å². The molecule has 1 unspecified atom stereocenters. The van der Waals surface area contributed by atoms with Crippen molar-refractivity contribution in [2.75, 3.05) is 6.54 Å². The topological polar surface area (TPSA) is 84.6 Å². The summed E-state index contributed by atoms with van der Waals surface area (Å²) in [6, 6.07) is 18.4. The van der Waals surface area contributed by atoms with Gasteiger partial charge >= 0.3 is 6.09 Å². The fourth-order valence-electron chi connectivity index (χ4n) is 4.60. The average molecular weight is 411 g/mol. The summed E-state index contributed by atoms with van der Waals surface area (Å²) in [5.74, 6) is 0. The lowest BCUT2D eigenvalue weighted by Crippen LogP contribution is -2.60. The van der Waals surface area contributed by atoms with Crippen LogP contribution in [0.2, 0.25) is 0 Å². The van der Waals surface area contributed by atoms with Gasteiger partial charge in [0, 0.05) is 24.4 Å². The maximum Gasteiger partial charge on any atom is 0.405 e. The van der Waals surface area contributed by atoms with Crippen molar-refractivity contribution in [1.82, 2.24) is 5.32 Å². The molecular formula is C25H34N2O3. The Morgan fingerprint density at radius 1 is 1.17 bits per heavy atom. The first-order valence-electron chi connectivity index (χ1n) is 10.7. The van der Waals surface area contributed by atoms with Crippen molar-refractivity contribution in [2.24, 2.45) is 11.1 Å².